The normalized spacial score (nSPS) is 11.0. The van der Waals surface area contributed by atoms with Gasteiger partial charge in [-0.15, -0.1) is 11.3 Å². The fraction of sp³-hybridized carbons (Fsp3) is 0. The maximum atomic E-state index is 11.7. The summed E-state index contributed by atoms with van der Waals surface area (Å²) in [6, 6.07) is 8.72. The van der Waals surface area contributed by atoms with Gasteiger partial charge in [0, 0.05) is 23.7 Å². The summed E-state index contributed by atoms with van der Waals surface area (Å²) in [4.78, 5) is 23.1. The summed E-state index contributed by atoms with van der Waals surface area (Å²) in [5.74, 6) is 1.14. The number of benzene rings is 1. The van der Waals surface area contributed by atoms with Gasteiger partial charge in [-0.3, -0.25) is 4.79 Å². The number of nitrogens with one attached hydrogen (secondary N) is 1. The summed E-state index contributed by atoms with van der Waals surface area (Å²) in [6.07, 6.45) is 3.10. The Labute approximate surface area is 122 Å². The standard InChI is InChI=1S/C15H9N3O2S/c19-13-3-5-16-12-7-9(1-2-10(12)13)20-15-14-11(4-6-21-14)17-8-18-15/h1-8H,(H,16,19). The van der Waals surface area contributed by atoms with Crippen molar-refractivity contribution in [2.75, 3.05) is 0 Å². The van der Waals surface area contributed by atoms with E-state index in [1.165, 1.54) is 23.7 Å². The molecule has 4 rings (SSSR count). The number of pyridine rings is 1. The number of aromatic amines is 1. The van der Waals surface area contributed by atoms with Crippen molar-refractivity contribution in [1.29, 1.82) is 0 Å². The highest BCUT2D eigenvalue weighted by molar-refractivity contribution is 7.17. The highest BCUT2D eigenvalue weighted by atomic mass is 32.1. The van der Waals surface area contributed by atoms with Gasteiger partial charge in [-0.2, -0.15) is 0 Å². The van der Waals surface area contributed by atoms with Crippen LogP contribution < -0.4 is 10.2 Å². The molecule has 0 amide bonds. The highest BCUT2D eigenvalue weighted by Gasteiger charge is 2.08. The first-order chi connectivity index (χ1) is 10.3. The van der Waals surface area contributed by atoms with Crippen LogP contribution >= 0.6 is 11.3 Å². The third-order valence-corrected chi connectivity index (χ3v) is 4.05. The summed E-state index contributed by atoms with van der Waals surface area (Å²) in [5, 5.41) is 2.58. The molecule has 0 bridgehead atoms. The number of ether oxygens (including phenoxy) is 1. The molecule has 0 atom stereocenters. The third-order valence-electron chi connectivity index (χ3n) is 3.16. The number of aromatic nitrogens is 3. The minimum absolute atomic E-state index is 0.0158. The Hall–Kier alpha value is -2.73. The van der Waals surface area contributed by atoms with E-state index in [9.17, 15) is 4.79 Å². The van der Waals surface area contributed by atoms with Gasteiger partial charge in [-0.05, 0) is 23.6 Å². The molecule has 0 radical (unpaired) electrons. The molecule has 1 N–H and O–H groups in total. The van der Waals surface area contributed by atoms with E-state index >= 15 is 0 Å². The van der Waals surface area contributed by atoms with Crippen molar-refractivity contribution in [3.05, 3.63) is 58.5 Å². The molecule has 3 aromatic heterocycles. The van der Waals surface area contributed by atoms with Gasteiger partial charge in [0.15, 0.2) is 5.43 Å². The molecule has 5 nitrogen and oxygen atoms in total. The number of rotatable bonds is 2. The van der Waals surface area contributed by atoms with Crippen LogP contribution in [0.4, 0.5) is 0 Å². The van der Waals surface area contributed by atoms with Crippen LogP contribution in [0.2, 0.25) is 0 Å². The largest absolute Gasteiger partial charge is 0.437 e. The second-order valence-electron chi connectivity index (χ2n) is 4.47. The molecule has 3 heterocycles. The Morgan fingerprint density at radius 1 is 1.14 bits per heavy atom. The average Bonchev–Trinajstić information content (AvgIpc) is 2.97. The van der Waals surface area contributed by atoms with Crippen molar-refractivity contribution in [3.63, 3.8) is 0 Å². The van der Waals surface area contributed by atoms with E-state index in [4.69, 9.17) is 4.74 Å². The van der Waals surface area contributed by atoms with Crippen molar-refractivity contribution in [2.45, 2.75) is 0 Å². The fourth-order valence-corrected chi connectivity index (χ4v) is 2.94. The number of hydrogen-bond donors (Lipinski definition) is 1. The van der Waals surface area contributed by atoms with Crippen molar-refractivity contribution in [3.8, 4) is 11.6 Å². The van der Waals surface area contributed by atoms with Crippen LogP contribution in [0.3, 0.4) is 0 Å². The first-order valence-electron chi connectivity index (χ1n) is 6.29. The molecule has 0 saturated carbocycles. The van der Waals surface area contributed by atoms with Crippen molar-refractivity contribution >= 4 is 32.5 Å². The van der Waals surface area contributed by atoms with Crippen LogP contribution in [0.25, 0.3) is 21.1 Å². The zero-order valence-corrected chi connectivity index (χ0v) is 11.6. The molecule has 6 heteroatoms. The minimum atomic E-state index is -0.0158. The minimum Gasteiger partial charge on any atom is -0.437 e. The van der Waals surface area contributed by atoms with Crippen LogP contribution in [0.5, 0.6) is 11.6 Å². The molecule has 4 aromatic rings. The number of thiophene rings is 1. The van der Waals surface area contributed by atoms with Crippen LogP contribution in [-0.4, -0.2) is 15.0 Å². The molecule has 0 aliphatic rings. The molecular formula is C15H9N3O2S. The summed E-state index contributed by atoms with van der Waals surface area (Å²) >= 11 is 1.53. The summed E-state index contributed by atoms with van der Waals surface area (Å²) in [7, 11) is 0. The van der Waals surface area contributed by atoms with E-state index in [0.29, 0.717) is 17.0 Å². The van der Waals surface area contributed by atoms with Crippen LogP contribution in [0, 0.1) is 0 Å². The quantitative estimate of drug-likeness (QED) is 0.616. The molecule has 0 unspecified atom stereocenters. The third kappa shape index (κ3) is 2.05. The van der Waals surface area contributed by atoms with Crippen molar-refractivity contribution < 1.29 is 4.74 Å². The lowest BCUT2D eigenvalue weighted by molar-refractivity contribution is 0.469. The molecule has 1 aromatic carbocycles. The number of nitrogens with zero attached hydrogens (tertiary/aromatic N) is 2. The number of fused-ring (bicyclic) bond motifs is 2. The summed E-state index contributed by atoms with van der Waals surface area (Å²) < 4.78 is 6.74. The molecule has 0 spiro atoms. The molecule has 0 fully saturated rings. The van der Waals surface area contributed by atoms with Gasteiger partial charge in [0.05, 0.1) is 11.0 Å². The van der Waals surface area contributed by atoms with E-state index in [2.05, 4.69) is 15.0 Å². The summed E-state index contributed by atoms with van der Waals surface area (Å²) in [6.45, 7) is 0. The monoisotopic (exact) mass is 295 g/mol. The Kier molecular flexibility index (Phi) is 2.68. The molecule has 0 aliphatic heterocycles. The second-order valence-corrected chi connectivity index (χ2v) is 5.38. The lowest BCUT2D eigenvalue weighted by Gasteiger charge is -2.06. The lowest BCUT2D eigenvalue weighted by atomic mass is 10.2. The molecule has 0 aliphatic carbocycles. The molecule has 102 valence electrons. The lowest BCUT2D eigenvalue weighted by Crippen LogP contribution is -1.99. The fourth-order valence-electron chi connectivity index (χ4n) is 2.17. The van der Waals surface area contributed by atoms with Gasteiger partial charge < -0.3 is 9.72 Å². The Bertz CT molecular complexity index is 1010. The van der Waals surface area contributed by atoms with Gasteiger partial charge in [0.1, 0.15) is 16.8 Å². The average molecular weight is 295 g/mol. The Morgan fingerprint density at radius 2 is 2.10 bits per heavy atom. The second kappa shape index (κ2) is 4.68. The molecular weight excluding hydrogens is 286 g/mol. The van der Waals surface area contributed by atoms with Gasteiger partial charge in [-0.25, -0.2) is 9.97 Å². The first kappa shape index (κ1) is 12.0. The van der Waals surface area contributed by atoms with E-state index in [0.717, 1.165) is 15.7 Å². The Balaban J connectivity index is 1.81. The van der Waals surface area contributed by atoms with Gasteiger partial charge in [-0.1, -0.05) is 0 Å². The first-order valence-corrected chi connectivity index (χ1v) is 7.17. The van der Waals surface area contributed by atoms with E-state index in [1.807, 2.05) is 11.4 Å². The maximum Gasteiger partial charge on any atom is 0.240 e. The van der Waals surface area contributed by atoms with E-state index in [1.54, 1.807) is 24.4 Å². The zero-order valence-electron chi connectivity index (χ0n) is 10.7. The maximum absolute atomic E-state index is 11.7. The van der Waals surface area contributed by atoms with Gasteiger partial charge in [0.25, 0.3) is 0 Å². The van der Waals surface area contributed by atoms with Crippen molar-refractivity contribution in [2.24, 2.45) is 0 Å². The topological polar surface area (TPSA) is 67.9 Å². The molecule has 0 saturated heterocycles. The number of H-pyrrole nitrogens is 1. The van der Waals surface area contributed by atoms with E-state index < -0.39 is 0 Å². The SMILES string of the molecule is O=c1cc[nH]c2cc(Oc3ncnc4ccsc34)ccc12. The van der Waals surface area contributed by atoms with E-state index in [-0.39, 0.29) is 5.43 Å². The van der Waals surface area contributed by atoms with Crippen LogP contribution in [0.15, 0.2) is 53.0 Å². The van der Waals surface area contributed by atoms with Gasteiger partial charge >= 0.3 is 0 Å². The Morgan fingerprint density at radius 3 is 3.05 bits per heavy atom. The predicted molar refractivity (Wildman–Crippen MR) is 82.1 cm³/mol. The predicted octanol–water partition coefficient (Wildman–Crippen LogP) is 3.33. The smallest absolute Gasteiger partial charge is 0.240 e. The summed E-state index contributed by atoms with van der Waals surface area (Å²) in [5.41, 5.74) is 1.58. The number of hydrogen-bond acceptors (Lipinski definition) is 5. The van der Waals surface area contributed by atoms with Crippen LogP contribution in [-0.2, 0) is 0 Å². The molecule has 21 heavy (non-hydrogen) atoms. The van der Waals surface area contributed by atoms with Crippen LogP contribution in [0.1, 0.15) is 0 Å². The van der Waals surface area contributed by atoms with Crippen molar-refractivity contribution in [1.82, 2.24) is 15.0 Å². The zero-order chi connectivity index (χ0) is 14.2. The van der Waals surface area contributed by atoms with Gasteiger partial charge in [0.2, 0.25) is 5.88 Å². The highest BCUT2D eigenvalue weighted by Crippen LogP contribution is 2.30.